The molecule has 0 heterocycles. The first kappa shape index (κ1) is 21.9. The molecular formula is C25H30NOPS. The number of benzene rings is 3. The smallest absolute Gasteiger partial charge is 0.105 e. The second-order valence-corrected chi connectivity index (χ2v) is 12.0. The molecular weight excluding hydrogens is 393 g/mol. The number of hydrogen-bond donors (Lipinski definition) is 1. The molecule has 0 aliphatic carbocycles. The van der Waals surface area contributed by atoms with Gasteiger partial charge in [0.2, 0.25) is 0 Å². The van der Waals surface area contributed by atoms with Gasteiger partial charge in [0.05, 0.1) is 6.19 Å². The van der Waals surface area contributed by atoms with Crippen molar-refractivity contribution in [2.45, 2.75) is 45.9 Å². The van der Waals surface area contributed by atoms with Crippen LogP contribution in [0.1, 0.15) is 44.9 Å². The van der Waals surface area contributed by atoms with Crippen LogP contribution in [0.2, 0.25) is 0 Å². The monoisotopic (exact) mass is 423 g/mol. The van der Waals surface area contributed by atoms with Crippen LogP contribution in [0.3, 0.4) is 0 Å². The third kappa shape index (κ3) is 4.39. The van der Waals surface area contributed by atoms with Crippen LogP contribution < -0.4 is 10.6 Å². The number of aliphatic hydroxyl groups excluding tert-OH is 1. The molecule has 0 amide bonds. The Morgan fingerprint density at radius 2 is 1.21 bits per heavy atom. The van der Waals surface area contributed by atoms with E-state index in [-0.39, 0.29) is 12.1 Å². The summed E-state index contributed by atoms with van der Waals surface area (Å²) in [5, 5.41) is 13.5. The van der Waals surface area contributed by atoms with E-state index in [0.717, 1.165) is 21.7 Å². The molecule has 3 rings (SSSR count). The molecule has 0 aliphatic heterocycles. The fourth-order valence-corrected chi connectivity index (χ4v) is 9.58. The maximum absolute atomic E-state index is 11.3. The number of hydrogen-bond acceptors (Lipinski definition) is 2. The highest BCUT2D eigenvalue weighted by atomic mass is 32.4. The largest absolute Gasteiger partial charge is 0.384 e. The molecule has 4 heteroatoms. The summed E-state index contributed by atoms with van der Waals surface area (Å²) in [5.41, 5.74) is 1.78. The Morgan fingerprint density at radius 1 is 0.724 bits per heavy atom. The summed E-state index contributed by atoms with van der Waals surface area (Å²) in [6.07, 6.45) is -3.06. The van der Waals surface area contributed by atoms with E-state index in [9.17, 15) is 5.11 Å². The topological polar surface area (TPSA) is 23.5 Å². The first-order valence-electron chi connectivity index (χ1n) is 10.1. The molecule has 0 fully saturated rings. The van der Waals surface area contributed by atoms with E-state index in [4.69, 9.17) is 11.8 Å². The quantitative estimate of drug-likeness (QED) is 0.526. The van der Waals surface area contributed by atoms with Crippen molar-refractivity contribution in [3.63, 3.8) is 0 Å². The molecule has 29 heavy (non-hydrogen) atoms. The van der Waals surface area contributed by atoms with Crippen LogP contribution in [-0.4, -0.2) is 21.9 Å². The van der Waals surface area contributed by atoms with Gasteiger partial charge in [-0.25, -0.2) is 0 Å². The van der Waals surface area contributed by atoms with Gasteiger partial charge in [-0.2, -0.15) is 0 Å². The SMILES string of the molecule is CC(C)N(C(C)C)P(=S)(c1ccccc1)c1ccccc1C(O)c1ccccc1. The van der Waals surface area contributed by atoms with Crippen molar-refractivity contribution in [1.29, 1.82) is 0 Å². The van der Waals surface area contributed by atoms with Gasteiger partial charge in [0, 0.05) is 22.7 Å². The van der Waals surface area contributed by atoms with Crippen LogP contribution in [0.25, 0.3) is 0 Å². The fraction of sp³-hybridized carbons (Fsp3) is 0.280. The molecule has 3 aromatic carbocycles. The Morgan fingerprint density at radius 3 is 1.76 bits per heavy atom. The van der Waals surface area contributed by atoms with Gasteiger partial charge >= 0.3 is 0 Å². The second kappa shape index (κ2) is 9.36. The first-order valence-corrected chi connectivity index (χ1v) is 12.9. The molecule has 1 N–H and O–H groups in total. The summed E-state index contributed by atoms with van der Waals surface area (Å²) >= 11 is 6.59. The number of nitrogens with zero attached hydrogens (tertiary/aromatic N) is 1. The maximum Gasteiger partial charge on any atom is 0.105 e. The van der Waals surface area contributed by atoms with Gasteiger partial charge in [0.25, 0.3) is 0 Å². The Hall–Kier alpha value is -1.77. The van der Waals surface area contributed by atoms with Crippen molar-refractivity contribution >= 4 is 28.6 Å². The molecule has 2 unspecified atom stereocenters. The molecule has 2 atom stereocenters. The van der Waals surface area contributed by atoms with Crippen LogP contribution >= 0.6 is 6.19 Å². The molecule has 0 spiro atoms. The lowest BCUT2D eigenvalue weighted by molar-refractivity contribution is 0.221. The van der Waals surface area contributed by atoms with Gasteiger partial charge in [-0.1, -0.05) is 96.7 Å². The molecule has 0 bridgehead atoms. The molecule has 3 aromatic rings. The average Bonchev–Trinajstić information content (AvgIpc) is 2.74. The van der Waals surface area contributed by atoms with E-state index in [1.54, 1.807) is 0 Å². The third-order valence-corrected chi connectivity index (χ3v) is 10.6. The zero-order valence-corrected chi connectivity index (χ0v) is 19.3. The molecule has 2 nitrogen and oxygen atoms in total. The van der Waals surface area contributed by atoms with Crippen LogP contribution in [0.5, 0.6) is 0 Å². The number of rotatable bonds is 7. The van der Waals surface area contributed by atoms with Gasteiger partial charge in [-0.05, 0) is 38.8 Å². The highest BCUT2D eigenvalue weighted by molar-refractivity contribution is 8.20. The summed E-state index contributed by atoms with van der Waals surface area (Å²) in [7, 11) is 0. The van der Waals surface area contributed by atoms with Crippen LogP contribution in [0, 0.1) is 0 Å². The Bertz CT molecular complexity index is 964. The van der Waals surface area contributed by atoms with Gasteiger partial charge in [0.15, 0.2) is 0 Å². The highest BCUT2D eigenvalue weighted by Crippen LogP contribution is 2.52. The van der Waals surface area contributed by atoms with Crippen molar-refractivity contribution < 1.29 is 5.11 Å². The zero-order chi connectivity index (χ0) is 21.0. The van der Waals surface area contributed by atoms with Crippen molar-refractivity contribution in [3.8, 4) is 0 Å². The van der Waals surface area contributed by atoms with E-state index in [1.165, 1.54) is 0 Å². The molecule has 0 radical (unpaired) electrons. The Labute approximate surface area is 180 Å². The van der Waals surface area contributed by atoms with Gasteiger partial charge in [-0.15, -0.1) is 0 Å². The molecule has 152 valence electrons. The lowest BCUT2D eigenvalue weighted by Gasteiger charge is -2.42. The predicted molar refractivity (Wildman–Crippen MR) is 129 cm³/mol. The standard InChI is InChI=1S/C25H30NOPS/c1-19(2)26(20(3)4)28(29,22-15-9-6-10-16-22)24-18-12-11-17-23(24)25(27)21-13-7-5-8-14-21/h5-20,25,27H,1-4H3. The fourth-order valence-electron chi connectivity index (χ4n) is 4.08. The summed E-state index contributed by atoms with van der Waals surface area (Å²) < 4.78 is 2.47. The van der Waals surface area contributed by atoms with Gasteiger partial charge in [-0.3, -0.25) is 4.67 Å². The van der Waals surface area contributed by atoms with Crippen molar-refractivity contribution in [2.75, 3.05) is 0 Å². The van der Waals surface area contributed by atoms with Crippen LogP contribution in [0.15, 0.2) is 84.9 Å². The van der Waals surface area contributed by atoms with Crippen LogP contribution in [-0.2, 0) is 11.8 Å². The first-order chi connectivity index (χ1) is 13.9. The summed E-state index contributed by atoms with van der Waals surface area (Å²) in [6, 6.07) is 29.0. The van der Waals surface area contributed by atoms with Gasteiger partial charge in [0.1, 0.15) is 6.10 Å². The van der Waals surface area contributed by atoms with E-state index >= 15 is 0 Å². The molecule has 0 aliphatic rings. The minimum atomic E-state index is -2.35. The molecule has 0 saturated heterocycles. The van der Waals surface area contributed by atoms with Gasteiger partial charge < -0.3 is 5.11 Å². The lowest BCUT2D eigenvalue weighted by Crippen LogP contribution is -2.42. The van der Waals surface area contributed by atoms with E-state index in [0.29, 0.717) is 0 Å². The van der Waals surface area contributed by atoms with Crippen molar-refractivity contribution in [1.82, 2.24) is 4.67 Å². The third-order valence-electron chi connectivity index (χ3n) is 5.16. The Balaban J connectivity index is 2.27. The second-order valence-electron chi connectivity index (χ2n) is 7.85. The normalized spacial score (nSPS) is 14.9. The molecule has 0 saturated carbocycles. The zero-order valence-electron chi connectivity index (χ0n) is 17.6. The average molecular weight is 424 g/mol. The maximum atomic E-state index is 11.3. The number of aliphatic hydroxyl groups is 1. The summed E-state index contributed by atoms with van der Waals surface area (Å²) in [6.45, 7) is 8.83. The minimum Gasteiger partial charge on any atom is -0.384 e. The summed E-state index contributed by atoms with van der Waals surface area (Å²) in [5.74, 6) is 0. The Kier molecular flexibility index (Phi) is 7.08. The lowest BCUT2D eigenvalue weighted by atomic mass is 10.0. The molecule has 0 aromatic heterocycles. The minimum absolute atomic E-state index is 0.281. The van der Waals surface area contributed by atoms with Crippen LogP contribution in [0.4, 0.5) is 0 Å². The van der Waals surface area contributed by atoms with Crippen molar-refractivity contribution in [2.24, 2.45) is 0 Å². The van der Waals surface area contributed by atoms with Crippen molar-refractivity contribution in [3.05, 3.63) is 96.1 Å². The van der Waals surface area contributed by atoms with E-state index in [1.807, 2.05) is 54.6 Å². The summed E-state index contributed by atoms with van der Waals surface area (Å²) in [4.78, 5) is 0. The highest BCUT2D eigenvalue weighted by Gasteiger charge is 2.36. The predicted octanol–water partition coefficient (Wildman–Crippen LogP) is 5.23. The van der Waals surface area contributed by atoms with E-state index < -0.39 is 12.3 Å². The van der Waals surface area contributed by atoms with E-state index in [2.05, 4.69) is 62.7 Å².